The average molecular weight is 256 g/mol. The number of hydrogen-bond acceptors (Lipinski definition) is 4. The van der Waals surface area contributed by atoms with Crippen molar-refractivity contribution < 1.29 is 0 Å². The number of fused-ring (bicyclic) bond motifs is 1. The summed E-state index contributed by atoms with van der Waals surface area (Å²) in [6, 6.07) is 1.91. The van der Waals surface area contributed by atoms with Crippen LogP contribution < -0.4 is 5.32 Å². The van der Waals surface area contributed by atoms with Crippen LogP contribution in [0.25, 0.3) is 10.9 Å². The lowest BCUT2D eigenvalue weighted by atomic mass is 10.2. The van der Waals surface area contributed by atoms with Gasteiger partial charge in [0.1, 0.15) is 5.82 Å². The summed E-state index contributed by atoms with van der Waals surface area (Å²) < 4.78 is 2.07. The molecule has 3 aromatic heterocycles. The number of imidazole rings is 1. The van der Waals surface area contributed by atoms with Crippen molar-refractivity contribution in [2.24, 2.45) is 0 Å². The van der Waals surface area contributed by atoms with E-state index < -0.39 is 0 Å². The van der Waals surface area contributed by atoms with E-state index in [1.807, 2.05) is 25.5 Å². The first-order valence-corrected chi connectivity index (χ1v) is 6.34. The maximum atomic E-state index is 4.38. The third-order valence-corrected chi connectivity index (χ3v) is 3.09. The number of rotatable bonds is 5. The molecule has 0 fully saturated rings. The van der Waals surface area contributed by atoms with Gasteiger partial charge in [-0.3, -0.25) is 5.10 Å². The number of aromatic nitrogens is 5. The Morgan fingerprint density at radius 3 is 3.16 bits per heavy atom. The van der Waals surface area contributed by atoms with E-state index in [4.69, 9.17) is 0 Å². The van der Waals surface area contributed by atoms with Gasteiger partial charge in [0.2, 0.25) is 0 Å². The quantitative estimate of drug-likeness (QED) is 0.685. The number of hydrogen-bond donors (Lipinski definition) is 2. The van der Waals surface area contributed by atoms with Crippen LogP contribution in [0.5, 0.6) is 0 Å². The molecule has 0 atom stereocenters. The number of aromatic amines is 1. The Labute approximate surface area is 110 Å². The van der Waals surface area contributed by atoms with Gasteiger partial charge in [0.15, 0.2) is 0 Å². The van der Waals surface area contributed by atoms with E-state index in [2.05, 4.69) is 30.0 Å². The maximum Gasteiger partial charge on any atom is 0.137 e. The molecule has 98 valence electrons. The highest BCUT2D eigenvalue weighted by Crippen LogP contribution is 2.21. The predicted molar refractivity (Wildman–Crippen MR) is 74.0 cm³/mol. The fourth-order valence-corrected chi connectivity index (χ4v) is 2.14. The third kappa shape index (κ3) is 2.42. The van der Waals surface area contributed by atoms with Gasteiger partial charge in [-0.1, -0.05) is 0 Å². The molecule has 0 aliphatic rings. The molecule has 6 nitrogen and oxygen atoms in total. The molecule has 3 rings (SSSR count). The minimum atomic E-state index is 0.870. The summed E-state index contributed by atoms with van der Waals surface area (Å²) in [5.74, 6) is 0.898. The van der Waals surface area contributed by atoms with Crippen molar-refractivity contribution in [3.8, 4) is 0 Å². The van der Waals surface area contributed by atoms with Crippen molar-refractivity contribution in [1.82, 2.24) is 24.7 Å². The van der Waals surface area contributed by atoms with E-state index in [0.717, 1.165) is 41.9 Å². The summed E-state index contributed by atoms with van der Waals surface area (Å²) in [5, 5.41) is 11.7. The van der Waals surface area contributed by atoms with Crippen molar-refractivity contribution in [3.05, 3.63) is 36.7 Å². The van der Waals surface area contributed by atoms with Crippen LogP contribution in [0.15, 0.2) is 31.0 Å². The molecule has 0 saturated heterocycles. The Kier molecular flexibility index (Phi) is 3.14. The topological polar surface area (TPSA) is 71.4 Å². The summed E-state index contributed by atoms with van der Waals surface area (Å²) in [6.07, 6.45) is 8.40. The van der Waals surface area contributed by atoms with Gasteiger partial charge >= 0.3 is 0 Å². The molecule has 0 unspecified atom stereocenters. The summed E-state index contributed by atoms with van der Waals surface area (Å²) in [6.45, 7) is 3.83. The van der Waals surface area contributed by atoms with Gasteiger partial charge in [-0.05, 0) is 19.4 Å². The molecule has 6 heteroatoms. The highest BCUT2D eigenvalue weighted by atomic mass is 15.1. The predicted octanol–water partition coefficient (Wildman–Crippen LogP) is 1.97. The summed E-state index contributed by atoms with van der Waals surface area (Å²) in [4.78, 5) is 8.41. The minimum absolute atomic E-state index is 0.870. The Morgan fingerprint density at radius 2 is 2.32 bits per heavy atom. The first kappa shape index (κ1) is 11.7. The van der Waals surface area contributed by atoms with E-state index in [1.165, 1.54) is 0 Å². The molecule has 19 heavy (non-hydrogen) atoms. The fraction of sp³-hybridized carbons (Fsp3) is 0.308. The van der Waals surface area contributed by atoms with Crippen LogP contribution in [-0.4, -0.2) is 31.3 Å². The van der Waals surface area contributed by atoms with Gasteiger partial charge in [-0.2, -0.15) is 5.10 Å². The van der Waals surface area contributed by atoms with Crippen LogP contribution in [0.3, 0.4) is 0 Å². The molecule has 0 aromatic carbocycles. The summed E-state index contributed by atoms with van der Waals surface area (Å²) >= 11 is 0. The third-order valence-electron chi connectivity index (χ3n) is 3.09. The number of H-pyrrole nitrogens is 1. The van der Waals surface area contributed by atoms with Crippen molar-refractivity contribution in [2.45, 2.75) is 19.9 Å². The lowest BCUT2D eigenvalue weighted by Crippen LogP contribution is -2.07. The fourth-order valence-electron chi connectivity index (χ4n) is 2.14. The molecule has 0 saturated carbocycles. The molecule has 0 aliphatic carbocycles. The first-order valence-electron chi connectivity index (χ1n) is 6.34. The van der Waals surface area contributed by atoms with Gasteiger partial charge in [-0.25, -0.2) is 9.97 Å². The Morgan fingerprint density at radius 1 is 1.37 bits per heavy atom. The zero-order valence-electron chi connectivity index (χ0n) is 10.8. The monoisotopic (exact) mass is 256 g/mol. The van der Waals surface area contributed by atoms with Gasteiger partial charge in [0.25, 0.3) is 0 Å². The standard InChI is InChI=1S/C13H16N6/c1-10-12-11(18-17-10)3-5-16-13(12)15-4-2-7-19-8-6-14-9-19/h3,5-6,8-9H,2,4,7H2,1H3,(H,15,16)(H,17,18). The van der Waals surface area contributed by atoms with Crippen molar-refractivity contribution in [2.75, 3.05) is 11.9 Å². The number of anilines is 1. The summed E-state index contributed by atoms with van der Waals surface area (Å²) in [5.41, 5.74) is 1.99. The molecule has 0 spiro atoms. The highest BCUT2D eigenvalue weighted by molar-refractivity contribution is 5.91. The molecule has 0 bridgehead atoms. The number of aryl methyl sites for hydroxylation is 2. The number of nitrogens with one attached hydrogen (secondary N) is 2. The molecule has 0 radical (unpaired) electrons. The van der Waals surface area contributed by atoms with Crippen molar-refractivity contribution in [3.63, 3.8) is 0 Å². The van der Waals surface area contributed by atoms with E-state index in [9.17, 15) is 0 Å². The Bertz CT molecular complexity index is 655. The maximum absolute atomic E-state index is 4.38. The largest absolute Gasteiger partial charge is 0.369 e. The lowest BCUT2D eigenvalue weighted by molar-refractivity contribution is 0.660. The van der Waals surface area contributed by atoms with Gasteiger partial charge in [0, 0.05) is 37.4 Å². The van der Waals surface area contributed by atoms with Gasteiger partial charge in [0.05, 0.1) is 17.2 Å². The van der Waals surface area contributed by atoms with E-state index in [1.54, 1.807) is 12.4 Å². The molecule has 2 N–H and O–H groups in total. The molecular weight excluding hydrogens is 240 g/mol. The van der Waals surface area contributed by atoms with Crippen LogP contribution in [-0.2, 0) is 6.54 Å². The SMILES string of the molecule is Cc1[nH]nc2ccnc(NCCCn3ccnc3)c12. The Balaban J connectivity index is 1.63. The first-order chi connectivity index (χ1) is 9.34. The molecule has 3 aromatic rings. The van der Waals surface area contributed by atoms with Crippen LogP contribution in [0.2, 0.25) is 0 Å². The minimum Gasteiger partial charge on any atom is -0.369 e. The van der Waals surface area contributed by atoms with Crippen LogP contribution in [0.1, 0.15) is 12.1 Å². The number of pyridine rings is 1. The van der Waals surface area contributed by atoms with Gasteiger partial charge in [-0.15, -0.1) is 0 Å². The van der Waals surface area contributed by atoms with E-state index >= 15 is 0 Å². The van der Waals surface area contributed by atoms with Gasteiger partial charge < -0.3 is 9.88 Å². The van der Waals surface area contributed by atoms with E-state index in [0.29, 0.717) is 0 Å². The second-order valence-corrected chi connectivity index (χ2v) is 4.48. The zero-order valence-corrected chi connectivity index (χ0v) is 10.8. The number of nitrogens with zero attached hydrogens (tertiary/aromatic N) is 4. The van der Waals surface area contributed by atoms with Crippen LogP contribution >= 0.6 is 0 Å². The smallest absolute Gasteiger partial charge is 0.137 e. The second-order valence-electron chi connectivity index (χ2n) is 4.48. The zero-order chi connectivity index (χ0) is 13.1. The lowest BCUT2D eigenvalue weighted by Gasteiger charge is -2.07. The average Bonchev–Trinajstić information content (AvgIpc) is 3.05. The second kappa shape index (κ2) is 5.09. The summed E-state index contributed by atoms with van der Waals surface area (Å²) in [7, 11) is 0. The normalized spacial score (nSPS) is 11.0. The van der Waals surface area contributed by atoms with Crippen molar-refractivity contribution in [1.29, 1.82) is 0 Å². The molecule has 0 amide bonds. The highest BCUT2D eigenvalue weighted by Gasteiger charge is 2.07. The molecule has 3 heterocycles. The van der Waals surface area contributed by atoms with Crippen LogP contribution in [0.4, 0.5) is 5.82 Å². The van der Waals surface area contributed by atoms with E-state index in [-0.39, 0.29) is 0 Å². The Hall–Kier alpha value is -2.37. The molecular formula is C13H16N6. The van der Waals surface area contributed by atoms with Crippen LogP contribution in [0, 0.1) is 6.92 Å². The molecule has 0 aliphatic heterocycles. The van der Waals surface area contributed by atoms with Crippen molar-refractivity contribution >= 4 is 16.7 Å².